The second-order valence-corrected chi connectivity index (χ2v) is 6.74. The lowest BCUT2D eigenvalue weighted by atomic mass is 9.95. The first kappa shape index (κ1) is 12.5. The summed E-state index contributed by atoms with van der Waals surface area (Å²) in [4.78, 5) is 3.44. The van der Waals surface area contributed by atoms with Crippen molar-refractivity contribution in [2.24, 2.45) is 0 Å². The van der Waals surface area contributed by atoms with Gasteiger partial charge in [-0.2, -0.15) is 4.57 Å². The molecule has 3 heterocycles. The van der Waals surface area contributed by atoms with Crippen molar-refractivity contribution in [1.82, 2.24) is 4.98 Å². The average molecular weight is 283 g/mol. The van der Waals surface area contributed by atoms with Gasteiger partial charge in [-0.05, 0) is 32.4 Å². The Morgan fingerprint density at radius 2 is 2.00 bits per heavy atom. The maximum Gasteiger partial charge on any atom is 0.364 e. The first-order chi connectivity index (χ1) is 9.97. The van der Waals surface area contributed by atoms with E-state index < -0.39 is 0 Å². The van der Waals surface area contributed by atoms with Gasteiger partial charge in [0.25, 0.3) is 0 Å². The summed E-state index contributed by atoms with van der Waals surface area (Å²) in [5.41, 5.74) is 3.99. The molecule has 0 saturated heterocycles. The van der Waals surface area contributed by atoms with Crippen LogP contribution < -0.4 is 4.57 Å². The molecule has 4 rings (SSSR count). The second-order valence-electron chi connectivity index (χ2n) is 6.74. The topological polar surface area (TPSA) is 53.0 Å². The highest BCUT2D eigenvalue weighted by Crippen LogP contribution is 2.39. The van der Waals surface area contributed by atoms with Crippen molar-refractivity contribution in [3.8, 4) is 17.3 Å². The fraction of sp³-hybridized carbons (Fsp3) is 0.353. The van der Waals surface area contributed by atoms with Crippen molar-refractivity contribution >= 4 is 10.9 Å². The molecule has 3 aromatic rings. The van der Waals surface area contributed by atoms with Gasteiger partial charge in [0.15, 0.2) is 6.54 Å². The van der Waals surface area contributed by atoms with Crippen LogP contribution in [-0.2, 0) is 18.4 Å². The summed E-state index contributed by atoms with van der Waals surface area (Å²) in [7, 11) is 0. The highest BCUT2D eigenvalue weighted by atomic mass is 16.5. The minimum Gasteiger partial charge on any atom is -0.476 e. The van der Waals surface area contributed by atoms with E-state index in [2.05, 4.69) is 48.5 Å². The van der Waals surface area contributed by atoms with Crippen LogP contribution in [0, 0.1) is 0 Å². The van der Waals surface area contributed by atoms with Crippen molar-refractivity contribution in [3.05, 3.63) is 35.7 Å². The molecule has 1 aliphatic heterocycles. The quantitative estimate of drug-likeness (QED) is 0.622. The number of nitrogens with one attached hydrogen (secondary N) is 1. The lowest BCUT2D eigenvalue weighted by Crippen LogP contribution is -2.45. The molecule has 0 unspecified atom stereocenters. The lowest BCUT2D eigenvalue weighted by molar-refractivity contribution is -0.702. The molecule has 4 heteroatoms. The molecule has 21 heavy (non-hydrogen) atoms. The van der Waals surface area contributed by atoms with E-state index in [1.54, 1.807) is 0 Å². The molecular formula is C17H19N2O2+. The number of hydrogen-bond acceptors (Lipinski definition) is 2. The molecule has 2 aromatic heterocycles. The van der Waals surface area contributed by atoms with Gasteiger partial charge in [0.05, 0.1) is 5.41 Å². The molecule has 2 N–H and O–H groups in total. The number of nitrogens with zero attached hydrogens (tertiary/aromatic N) is 1. The first-order valence-electron chi connectivity index (χ1n) is 7.33. The van der Waals surface area contributed by atoms with Crippen LogP contribution in [-0.4, -0.2) is 10.1 Å². The van der Waals surface area contributed by atoms with Crippen LogP contribution in [0.2, 0.25) is 0 Å². The van der Waals surface area contributed by atoms with Gasteiger partial charge in [0.1, 0.15) is 5.69 Å². The summed E-state index contributed by atoms with van der Waals surface area (Å²) < 4.78 is 7.79. The molecule has 0 atom stereocenters. The molecule has 0 fully saturated rings. The fourth-order valence-electron chi connectivity index (χ4n) is 3.31. The number of aryl methyl sites for hydroxylation is 1. The standard InChI is InChI=1S/C17H18N2O2/c1-17(2,3)16-19-9-8-11-10-6-4-5-7-12(10)18-13(11)14(19)15(20)21-16/h4-7,18H,8-9H2,1-3H3/p+1. The molecule has 0 bridgehead atoms. The Morgan fingerprint density at radius 1 is 1.24 bits per heavy atom. The van der Waals surface area contributed by atoms with Gasteiger partial charge in [-0.1, -0.05) is 18.2 Å². The number of H-pyrrole nitrogens is 1. The number of oxazole rings is 1. The highest BCUT2D eigenvalue weighted by molar-refractivity contribution is 5.90. The largest absolute Gasteiger partial charge is 0.476 e. The maximum atomic E-state index is 10.3. The number of aromatic hydroxyl groups is 1. The number of benzene rings is 1. The first-order valence-corrected chi connectivity index (χ1v) is 7.33. The van der Waals surface area contributed by atoms with E-state index in [9.17, 15) is 5.11 Å². The summed E-state index contributed by atoms with van der Waals surface area (Å²) in [6.45, 7) is 7.12. The number of aromatic amines is 1. The van der Waals surface area contributed by atoms with Crippen molar-refractivity contribution in [2.75, 3.05) is 0 Å². The number of rotatable bonds is 0. The number of aromatic nitrogens is 2. The minimum absolute atomic E-state index is 0.00688. The van der Waals surface area contributed by atoms with Crippen LogP contribution in [0.3, 0.4) is 0 Å². The van der Waals surface area contributed by atoms with Crippen LogP contribution in [0.25, 0.3) is 22.3 Å². The summed E-state index contributed by atoms with van der Waals surface area (Å²) >= 11 is 0. The molecule has 108 valence electrons. The van der Waals surface area contributed by atoms with E-state index in [1.165, 1.54) is 10.9 Å². The SMILES string of the molecule is CC(C)(C)c1oc(O)c2[n+]1CCc1c-2[nH]c2ccccc12. The smallest absolute Gasteiger partial charge is 0.364 e. The Bertz CT molecular complexity index is 850. The summed E-state index contributed by atoms with van der Waals surface area (Å²) in [6, 6.07) is 8.27. The monoisotopic (exact) mass is 283 g/mol. The van der Waals surface area contributed by atoms with E-state index in [4.69, 9.17) is 4.42 Å². The predicted octanol–water partition coefficient (Wildman–Crippen LogP) is 3.27. The molecule has 0 saturated carbocycles. The van der Waals surface area contributed by atoms with Crippen molar-refractivity contribution < 1.29 is 14.1 Å². The molecule has 1 aliphatic rings. The third kappa shape index (κ3) is 1.65. The summed E-state index contributed by atoms with van der Waals surface area (Å²) in [6.07, 6.45) is 0.944. The summed E-state index contributed by atoms with van der Waals surface area (Å²) in [5, 5.41) is 11.5. The van der Waals surface area contributed by atoms with Gasteiger partial charge in [0, 0.05) is 17.3 Å². The van der Waals surface area contributed by atoms with E-state index in [0.717, 1.165) is 35.8 Å². The van der Waals surface area contributed by atoms with Crippen LogP contribution in [0.5, 0.6) is 5.95 Å². The molecule has 0 aliphatic carbocycles. The molecular weight excluding hydrogens is 264 g/mol. The van der Waals surface area contributed by atoms with Gasteiger partial charge < -0.3 is 14.5 Å². The van der Waals surface area contributed by atoms with E-state index >= 15 is 0 Å². The van der Waals surface area contributed by atoms with Crippen molar-refractivity contribution in [1.29, 1.82) is 0 Å². The third-order valence-corrected chi connectivity index (χ3v) is 4.19. The average Bonchev–Trinajstić information content (AvgIpc) is 2.96. The Hall–Kier alpha value is -2.23. The molecule has 4 nitrogen and oxygen atoms in total. The Labute approximate surface area is 123 Å². The zero-order valence-corrected chi connectivity index (χ0v) is 12.5. The number of hydrogen-bond donors (Lipinski definition) is 2. The zero-order chi connectivity index (χ0) is 14.8. The second kappa shape index (κ2) is 3.91. The highest BCUT2D eigenvalue weighted by Gasteiger charge is 2.41. The Morgan fingerprint density at radius 3 is 2.76 bits per heavy atom. The van der Waals surface area contributed by atoms with Crippen LogP contribution in [0.15, 0.2) is 28.7 Å². The van der Waals surface area contributed by atoms with Gasteiger partial charge in [-0.3, -0.25) is 0 Å². The fourth-order valence-corrected chi connectivity index (χ4v) is 3.31. The van der Waals surface area contributed by atoms with Crippen LogP contribution in [0.1, 0.15) is 32.2 Å². The van der Waals surface area contributed by atoms with Crippen LogP contribution in [0.4, 0.5) is 0 Å². The lowest BCUT2D eigenvalue weighted by Gasteiger charge is -2.13. The van der Waals surface area contributed by atoms with Gasteiger partial charge >= 0.3 is 17.5 Å². The van der Waals surface area contributed by atoms with Crippen LogP contribution >= 0.6 is 0 Å². The van der Waals surface area contributed by atoms with E-state index in [-0.39, 0.29) is 11.4 Å². The van der Waals surface area contributed by atoms with Crippen molar-refractivity contribution in [3.63, 3.8) is 0 Å². The Balaban J connectivity index is 2.03. The minimum atomic E-state index is -0.140. The van der Waals surface area contributed by atoms with Crippen molar-refractivity contribution in [2.45, 2.75) is 39.2 Å². The number of para-hydroxylation sites is 1. The molecule has 0 amide bonds. The molecule has 0 spiro atoms. The number of fused-ring (bicyclic) bond motifs is 5. The van der Waals surface area contributed by atoms with Gasteiger partial charge in [-0.15, -0.1) is 0 Å². The maximum absolute atomic E-state index is 10.3. The zero-order valence-electron chi connectivity index (χ0n) is 12.5. The Kier molecular flexibility index (Phi) is 2.33. The van der Waals surface area contributed by atoms with Gasteiger partial charge in [-0.25, -0.2) is 0 Å². The van der Waals surface area contributed by atoms with E-state index in [0.29, 0.717) is 0 Å². The normalized spacial score (nSPS) is 14.2. The molecule has 0 radical (unpaired) electrons. The summed E-state index contributed by atoms with van der Waals surface area (Å²) in [5.74, 6) is 0.826. The van der Waals surface area contributed by atoms with E-state index in [1.807, 2.05) is 6.07 Å². The predicted molar refractivity (Wildman–Crippen MR) is 80.3 cm³/mol. The molecule has 1 aromatic carbocycles. The van der Waals surface area contributed by atoms with Gasteiger partial charge in [0.2, 0.25) is 0 Å². The third-order valence-electron chi connectivity index (χ3n) is 4.19.